The van der Waals surface area contributed by atoms with Gasteiger partial charge in [0.25, 0.3) is 5.91 Å². The number of hydrogen-bond acceptors (Lipinski definition) is 5. The molecular formula is C19H22N2O5S. The topological polar surface area (TPSA) is 102 Å². The first-order valence-corrected chi connectivity index (χ1v) is 9.87. The van der Waals surface area contributed by atoms with Gasteiger partial charge in [-0.05, 0) is 43.7 Å². The van der Waals surface area contributed by atoms with Gasteiger partial charge in [-0.3, -0.25) is 9.59 Å². The number of amides is 1. The van der Waals surface area contributed by atoms with E-state index in [4.69, 9.17) is 4.74 Å². The maximum atomic E-state index is 12.5. The maximum Gasteiger partial charge on any atom is 0.255 e. The number of rotatable bonds is 8. The summed E-state index contributed by atoms with van der Waals surface area (Å²) in [5, 5.41) is 2.67. The third kappa shape index (κ3) is 5.15. The Morgan fingerprint density at radius 3 is 2.44 bits per heavy atom. The van der Waals surface area contributed by atoms with Gasteiger partial charge in [-0.2, -0.15) is 0 Å². The molecule has 0 spiro atoms. The van der Waals surface area contributed by atoms with E-state index in [2.05, 4.69) is 10.0 Å². The van der Waals surface area contributed by atoms with Crippen LogP contribution in [0.2, 0.25) is 0 Å². The summed E-state index contributed by atoms with van der Waals surface area (Å²) in [7, 11) is -2.45. The molecule has 2 rings (SSSR count). The molecule has 0 atom stereocenters. The van der Waals surface area contributed by atoms with Crippen molar-refractivity contribution in [3.05, 3.63) is 53.6 Å². The van der Waals surface area contributed by atoms with Crippen LogP contribution in [0.25, 0.3) is 0 Å². The number of ether oxygens (including phenoxy) is 1. The normalized spacial score (nSPS) is 11.1. The average Bonchev–Trinajstić information content (AvgIpc) is 2.66. The number of ketones is 1. The van der Waals surface area contributed by atoms with Crippen molar-refractivity contribution in [3.8, 4) is 5.75 Å². The molecule has 1 amide bonds. The second kappa shape index (κ2) is 8.79. The lowest BCUT2D eigenvalue weighted by Gasteiger charge is -2.12. The highest BCUT2D eigenvalue weighted by Gasteiger charge is 2.21. The smallest absolute Gasteiger partial charge is 0.255 e. The van der Waals surface area contributed by atoms with Crippen molar-refractivity contribution in [2.24, 2.45) is 0 Å². The Bertz CT molecular complexity index is 954. The molecule has 0 radical (unpaired) electrons. The van der Waals surface area contributed by atoms with E-state index in [1.54, 1.807) is 24.3 Å². The number of methoxy groups -OCH3 is 1. The highest BCUT2D eigenvalue weighted by atomic mass is 32.2. The highest BCUT2D eigenvalue weighted by Crippen LogP contribution is 2.25. The summed E-state index contributed by atoms with van der Waals surface area (Å²) < 4.78 is 32.5. The van der Waals surface area contributed by atoms with E-state index in [1.165, 1.54) is 32.2 Å². The molecular weight excluding hydrogens is 368 g/mol. The van der Waals surface area contributed by atoms with Gasteiger partial charge in [-0.1, -0.05) is 19.1 Å². The molecule has 0 saturated heterocycles. The summed E-state index contributed by atoms with van der Waals surface area (Å²) in [5.74, 6) is -0.468. The summed E-state index contributed by atoms with van der Waals surface area (Å²) in [6, 6.07) is 10.7. The highest BCUT2D eigenvalue weighted by molar-refractivity contribution is 7.89. The summed E-state index contributed by atoms with van der Waals surface area (Å²) in [5.41, 5.74) is 1.06. The molecule has 144 valence electrons. The number of Topliss-reactive ketones (excluding diaryl/α,β-unsaturated/α-hetero) is 1. The van der Waals surface area contributed by atoms with Gasteiger partial charge in [0, 0.05) is 23.4 Å². The molecule has 0 unspecified atom stereocenters. The zero-order valence-electron chi connectivity index (χ0n) is 15.4. The lowest BCUT2D eigenvalue weighted by molar-refractivity contribution is 0.101. The number of carbonyl (C=O) groups excluding carboxylic acids is 2. The zero-order valence-corrected chi connectivity index (χ0v) is 16.2. The van der Waals surface area contributed by atoms with E-state index in [9.17, 15) is 18.0 Å². The van der Waals surface area contributed by atoms with E-state index in [-0.39, 0.29) is 28.5 Å². The van der Waals surface area contributed by atoms with Gasteiger partial charge in [0.1, 0.15) is 10.6 Å². The van der Waals surface area contributed by atoms with Crippen LogP contribution in [0.4, 0.5) is 5.69 Å². The standard InChI is InChI=1S/C19H22N2O5S/c1-4-10-20-27(24,25)18-12-15(8-9-17(18)26-3)19(23)21-16-7-5-6-14(11-16)13(2)22/h5-9,11-12,20H,4,10H2,1-3H3,(H,21,23). The Labute approximate surface area is 158 Å². The first kappa shape index (κ1) is 20.6. The molecule has 0 aromatic heterocycles. The number of nitrogens with one attached hydrogen (secondary N) is 2. The number of hydrogen-bond donors (Lipinski definition) is 2. The molecule has 2 aromatic rings. The summed E-state index contributed by atoms with van der Waals surface area (Å²) in [4.78, 5) is 23.9. The van der Waals surface area contributed by atoms with E-state index < -0.39 is 15.9 Å². The lowest BCUT2D eigenvalue weighted by Crippen LogP contribution is -2.25. The van der Waals surface area contributed by atoms with Gasteiger partial charge in [-0.15, -0.1) is 0 Å². The minimum Gasteiger partial charge on any atom is -0.495 e. The molecule has 0 bridgehead atoms. The molecule has 0 heterocycles. The van der Waals surface area contributed by atoms with Crippen LogP contribution in [-0.4, -0.2) is 33.8 Å². The Hall–Kier alpha value is -2.71. The Balaban J connectivity index is 2.33. The van der Waals surface area contributed by atoms with Crippen molar-refractivity contribution < 1.29 is 22.7 Å². The van der Waals surface area contributed by atoms with Crippen molar-refractivity contribution >= 4 is 27.4 Å². The summed E-state index contributed by atoms with van der Waals surface area (Å²) in [6.07, 6.45) is 0.633. The second-order valence-corrected chi connectivity index (χ2v) is 7.59. The number of carbonyl (C=O) groups is 2. The van der Waals surface area contributed by atoms with Gasteiger partial charge < -0.3 is 10.1 Å². The largest absolute Gasteiger partial charge is 0.495 e. The van der Waals surface area contributed by atoms with E-state index in [1.807, 2.05) is 6.92 Å². The molecule has 2 aromatic carbocycles. The van der Waals surface area contributed by atoms with Crippen LogP contribution in [0.1, 0.15) is 41.0 Å². The van der Waals surface area contributed by atoms with Gasteiger partial charge in [0.15, 0.2) is 5.78 Å². The zero-order chi connectivity index (χ0) is 20.0. The summed E-state index contributed by atoms with van der Waals surface area (Å²) in [6.45, 7) is 3.56. The van der Waals surface area contributed by atoms with Gasteiger partial charge in [0.05, 0.1) is 7.11 Å². The minimum absolute atomic E-state index is 0.108. The van der Waals surface area contributed by atoms with Crippen LogP contribution in [-0.2, 0) is 10.0 Å². The van der Waals surface area contributed by atoms with E-state index in [0.29, 0.717) is 17.7 Å². The molecule has 0 fully saturated rings. The molecule has 0 saturated carbocycles. The Morgan fingerprint density at radius 1 is 1.07 bits per heavy atom. The fraction of sp³-hybridized carbons (Fsp3) is 0.263. The maximum absolute atomic E-state index is 12.5. The Kier molecular flexibility index (Phi) is 6.70. The first-order chi connectivity index (χ1) is 12.8. The Morgan fingerprint density at radius 2 is 1.81 bits per heavy atom. The van der Waals surface area contributed by atoms with Crippen LogP contribution in [0.15, 0.2) is 47.4 Å². The fourth-order valence-corrected chi connectivity index (χ4v) is 3.69. The van der Waals surface area contributed by atoms with Gasteiger partial charge >= 0.3 is 0 Å². The van der Waals surface area contributed by atoms with Crippen molar-refractivity contribution in [2.45, 2.75) is 25.2 Å². The van der Waals surface area contributed by atoms with Crippen LogP contribution in [0, 0.1) is 0 Å². The first-order valence-electron chi connectivity index (χ1n) is 8.38. The third-order valence-corrected chi connectivity index (χ3v) is 5.27. The van der Waals surface area contributed by atoms with E-state index >= 15 is 0 Å². The van der Waals surface area contributed by atoms with Crippen LogP contribution >= 0.6 is 0 Å². The lowest BCUT2D eigenvalue weighted by atomic mass is 10.1. The molecule has 0 aliphatic heterocycles. The van der Waals surface area contributed by atoms with E-state index in [0.717, 1.165) is 0 Å². The number of sulfonamides is 1. The number of anilines is 1. The van der Waals surface area contributed by atoms with Gasteiger partial charge in [0.2, 0.25) is 10.0 Å². The molecule has 0 aliphatic rings. The molecule has 8 heteroatoms. The molecule has 0 aliphatic carbocycles. The van der Waals surface area contributed by atoms with Crippen molar-refractivity contribution in [1.82, 2.24) is 4.72 Å². The predicted octanol–water partition coefficient (Wildman–Crippen LogP) is 2.84. The monoisotopic (exact) mass is 390 g/mol. The third-order valence-electron chi connectivity index (χ3n) is 3.78. The SMILES string of the molecule is CCCNS(=O)(=O)c1cc(C(=O)Nc2cccc(C(C)=O)c2)ccc1OC. The molecule has 2 N–H and O–H groups in total. The quantitative estimate of drug-likeness (QED) is 0.675. The van der Waals surface area contributed by atoms with Gasteiger partial charge in [-0.25, -0.2) is 13.1 Å². The minimum atomic E-state index is -3.81. The molecule has 7 nitrogen and oxygen atoms in total. The second-order valence-electron chi connectivity index (χ2n) is 5.85. The fourth-order valence-electron chi connectivity index (χ4n) is 2.36. The van der Waals surface area contributed by atoms with Crippen molar-refractivity contribution in [2.75, 3.05) is 19.0 Å². The number of benzene rings is 2. The van der Waals surface area contributed by atoms with Crippen molar-refractivity contribution in [3.63, 3.8) is 0 Å². The van der Waals surface area contributed by atoms with Crippen LogP contribution in [0.3, 0.4) is 0 Å². The average molecular weight is 390 g/mol. The molecule has 27 heavy (non-hydrogen) atoms. The summed E-state index contributed by atoms with van der Waals surface area (Å²) >= 11 is 0. The van der Waals surface area contributed by atoms with Crippen LogP contribution in [0.5, 0.6) is 5.75 Å². The predicted molar refractivity (Wildman–Crippen MR) is 103 cm³/mol. The van der Waals surface area contributed by atoms with Crippen molar-refractivity contribution in [1.29, 1.82) is 0 Å². The van der Waals surface area contributed by atoms with Crippen LogP contribution < -0.4 is 14.8 Å².